The summed E-state index contributed by atoms with van der Waals surface area (Å²) in [5.74, 6) is -0.668. The molecule has 0 aromatic carbocycles. The van der Waals surface area contributed by atoms with Crippen molar-refractivity contribution in [3.8, 4) is 0 Å². The summed E-state index contributed by atoms with van der Waals surface area (Å²) >= 11 is 0. The highest BCUT2D eigenvalue weighted by molar-refractivity contribution is 6.74. The molecule has 6 heteroatoms. The second-order valence-electron chi connectivity index (χ2n) is 7.21. The molecular formula is C14H28O5Si. The Morgan fingerprint density at radius 3 is 2.10 bits per heavy atom. The van der Waals surface area contributed by atoms with Gasteiger partial charge in [0.25, 0.3) is 6.47 Å². The van der Waals surface area contributed by atoms with Crippen LogP contribution in [0.2, 0.25) is 18.1 Å². The summed E-state index contributed by atoms with van der Waals surface area (Å²) in [5.41, 5.74) is 0. The molecule has 0 radical (unpaired) electrons. The van der Waals surface area contributed by atoms with Crippen molar-refractivity contribution >= 4 is 14.8 Å². The molecule has 1 fully saturated rings. The van der Waals surface area contributed by atoms with Crippen LogP contribution >= 0.6 is 0 Å². The lowest BCUT2D eigenvalue weighted by Gasteiger charge is -2.37. The first-order valence-electron chi connectivity index (χ1n) is 7.03. The standard InChI is InChI=1S/C14H28O5Si/c1-13(2,3)20(6,7)17-9-12-11(8-16-10-15)18-14(4,5)19-12/h10-12H,8-9H2,1-7H3/t11-,12+/m0/s1. The fraction of sp³-hybridized carbons (Fsp3) is 0.929. The van der Waals surface area contributed by atoms with E-state index in [4.69, 9.17) is 18.6 Å². The van der Waals surface area contributed by atoms with Gasteiger partial charge in [-0.3, -0.25) is 4.79 Å². The lowest BCUT2D eigenvalue weighted by atomic mass is 10.2. The van der Waals surface area contributed by atoms with Gasteiger partial charge in [-0.15, -0.1) is 0 Å². The summed E-state index contributed by atoms with van der Waals surface area (Å²) in [7, 11) is -1.83. The van der Waals surface area contributed by atoms with Crippen LogP contribution in [0.25, 0.3) is 0 Å². The molecule has 0 N–H and O–H groups in total. The minimum Gasteiger partial charge on any atom is -0.465 e. The Morgan fingerprint density at radius 2 is 1.65 bits per heavy atom. The van der Waals surface area contributed by atoms with Crippen molar-refractivity contribution in [2.24, 2.45) is 0 Å². The molecular weight excluding hydrogens is 276 g/mol. The third-order valence-corrected chi connectivity index (χ3v) is 8.53. The van der Waals surface area contributed by atoms with Crippen molar-refractivity contribution in [2.75, 3.05) is 13.2 Å². The molecule has 1 rings (SSSR count). The topological polar surface area (TPSA) is 54.0 Å². The maximum absolute atomic E-state index is 10.3. The van der Waals surface area contributed by atoms with E-state index in [1.165, 1.54) is 0 Å². The van der Waals surface area contributed by atoms with Crippen LogP contribution in [0, 0.1) is 0 Å². The maximum atomic E-state index is 10.3. The Kier molecular flexibility index (Phi) is 5.40. The number of carbonyl (C=O) groups is 1. The van der Waals surface area contributed by atoms with E-state index in [1.54, 1.807) is 0 Å². The number of rotatable bonds is 6. The zero-order valence-electron chi connectivity index (χ0n) is 13.7. The highest BCUT2D eigenvalue weighted by Crippen LogP contribution is 2.37. The van der Waals surface area contributed by atoms with Crippen LogP contribution in [0.5, 0.6) is 0 Å². The van der Waals surface area contributed by atoms with Crippen molar-refractivity contribution < 1.29 is 23.4 Å². The third-order valence-electron chi connectivity index (χ3n) is 4.03. The van der Waals surface area contributed by atoms with Gasteiger partial charge in [0.05, 0.1) is 6.61 Å². The van der Waals surface area contributed by atoms with Gasteiger partial charge in [0.15, 0.2) is 14.1 Å². The molecule has 0 saturated carbocycles. The molecule has 20 heavy (non-hydrogen) atoms. The number of carbonyl (C=O) groups excluding carboxylic acids is 1. The summed E-state index contributed by atoms with van der Waals surface area (Å²) in [6.07, 6.45) is -0.487. The molecule has 1 aliphatic heterocycles. The van der Waals surface area contributed by atoms with Crippen LogP contribution in [0.15, 0.2) is 0 Å². The first-order chi connectivity index (χ1) is 8.98. The zero-order valence-corrected chi connectivity index (χ0v) is 14.7. The van der Waals surface area contributed by atoms with Gasteiger partial charge in [0.1, 0.15) is 18.8 Å². The maximum Gasteiger partial charge on any atom is 0.293 e. The van der Waals surface area contributed by atoms with Gasteiger partial charge < -0.3 is 18.6 Å². The van der Waals surface area contributed by atoms with Crippen LogP contribution in [-0.2, 0) is 23.4 Å². The molecule has 0 amide bonds. The van der Waals surface area contributed by atoms with Crippen molar-refractivity contribution in [3.63, 3.8) is 0 Å². The fourth-order valence-corrected chi connectivity index (χ4v) is 2.85. The van der Waals surface area contributed by atoms with Crippen LogP contribution < -0.4 is 0 Å². The predicted molar refractivity (Wildman–Crippen MR) is 79.0 cm³/mol. The predicted octanol–water partition coefficient (Wildman–Crippen LogP) is 2.70. The number of hydrogen-bond donors (Lipinski definition) is 0. The molecule has 1 saturated heterocycles. The van der Waals surface area contributed by atoms with Gasteiger partial charge in [0, 0.05) is 0 Å². The zero-order chi connectivity index (χ0) is 15.6. The molecule has 0 spiro atoms. The average Bonchev–Trinajstić information content (AvgIpc) is 2.57. The van der Waals surface area contributed by atoms with E-state index in [9.17, 15) is 4.79 Å². The highest BCUT2D eigenvalue weighted by Gasteiger charge is 2.44. The molecule has 1 aliphatic rings. The second-order valence-corrected chi connectivity index (χ2v) is 12.0. The monoisotopic (exact) mass is 304 g/mol. The minimum absolute atomic E-state index is 0.150. The van der Waals surface area contributed by atoms with Gasteiger partial charge in [0.2, 0.25) is 0 Å². The number of ether oxygens (including phenoxy) is 3. The van der Waals surface area contributed by atoms with Gasteiger partial charge in [-0.25, -0.2) is 0 Å². The fourth-order valence-electron chi connectivity index (χ4n) is 1.83. The first-order valence-corrected chi connectivity index (χ1v) is 9.94. The Hall–Kier alpha value is -0.433. The molecule has 5 nitrogen and oxygen atoms in total. The van der Waals surface area contributed by atoms with Gasteiger partial charge >= 0.3 is 0 Å². The van der Waals surface area contributed by atoms with E-state index < -0.39 is 14.1 Å². The quantitative estimate of drug-likeness (QED) is 0.558. The summed E-state index contributed by atoms with van der Waals surface area (Å²) in [6.45, 7) is 15.8. The Morgan fingerprint density at radius 1 is 1.15 bits per heavy atom. The van der Waals surface area contributed by atoms with E-state index in [0.29, 0.717) is 13.1 Å². The smallest absolute Gasteiger partial charge is 0.293 e. The van der Waals surface area contributed by atoms with Crippen LogP contribution in [0.1, 0.15) is 34.6 Å². The van der Waals surface area contributed by atoms with E-state index >= 15 is 0 Å². The van der Waals surface area contributed by atoms with Gasteiger partial charge in [-0.2, -0.15) is 0 Å². The SMILES string of the molecule is CC1(C)O[C@@H](COC=O)[C@@H](CO[Si](C)(C)C(C)(C)C)O1. The van der Waals surface area contributed by atoms with Crippen LogP contribution in [0.3, 0.4) is 0 Å². The molecule has 1 heterocycles. The Bertz CT molecular complexity index is 335. The average molecular weight is 304 g/mol. The second kappa shape index (κ2) is 6.13. The summed E-state index contributed by atoms with van der Waals surface area (Å²) in [5, 5.41) is 0.150. The normalized spacial score (nSPS) is 26.6. The van der Waals surface area contributed by atoms with Gasteiger partial charge in [-0.05, 0) is 32.0 Å². The van der Waals surface area contributed by atoms with Gasteiger partial charge in [-0.1, -0.05) is 20.8 Å². The highest BCUT2D eigenvalue weighted by atomic mass is 28.4. The summed E-state index contributed by atoms with van der Waals surface area (Å²) < 4.78 is 22.6. The Balaban J connectivity index is 2.62. The van der Waals surface area contributed by atoms with Crippen molar-refractivity contribution in [1.82, 2.24) is 0 Å². The lowest BCUT2D eigenvalue weighted by Crippen LogP contribution is -2.44. The van der Waals surface area contributed by atoms with Crippen molar-refractivity contribution in [2.45, 2.75) is 70.7 Å². The summed E-state index contributed by atoms with van der Waals surface area (Å²) in [4.78, 5) is 10.3. The minimum atomic E-state index is -1.83. The molecule has 0 aliphatic carbocycles. The molecule has 118 valence electrons. The van der Waals surface area contributed by atoms with E-state index in [0.717, 1.165) is 0 Å². The van der Waals surface area contributed by atoms with Crippen LogP contribution in [0.4, 0.5) is 0 Å². The van der Waals surface area contributed by atoms with E-state index in [-0.39, 0.29) is 23.9 Å². The largest absolute Gasteiger partial charge is 0.465 e. The Labute approximate surface area is 123 Å². The van der Waals surface area contributed by atoms with Crippen LogP contribution in [-0.4, -0.2) is 46.0 Å². The molecule has 0 bridgehead atoms. The molecule has 2 atom stereocenters. The van der Waals surface area contributed by atoms with E-state index in [1.807, 2.05) is 13.8 Å². The number of hydrogen-bond acceptors (Lipinski definition) is 5. The third kappa shape index (κ3) is 4.55. The van der Waals surface area contributed by atoms with Crippen molar-refractivity contribution in [1.29, 1.82) is 0 Å². The lowest BCUT2D eigenvalue weighted by molar-refractivity contribution is -0.155. The summed E-state index contributed by atoms with van der Waals surface area (Å²) in [6, 6.07) is 0. The molecule has 0 aromatic rings. The van der Waals surface area contributed by atoms with Crippen molar-refractivity contribution in [3.05, 3.63) is 0 Å². The van der Waals surface area contributed by atoms with E-state index in [2.05, 4.69) is 33.9 Å². The molecule has 0 unspecified atom stereocenters. The molecule has 0 aromatic heterocycles. The first kappa shape index (κ1) is 17.6.